The molecule has 0 aliphatic carbocycles. The summed E-state index contributed by atoms with van der Waals surface area (Å²) in [5, 5.41) is 4.51. The molecule has 5 rings (SSSR count). The summed E-state index contributed by atoms with van der Waals surface area (Å²) in [6, 6.07) is 25.0. The van der Waals surface area contributed by atoms with E-state index in [-0.39, 0.29) is 12.1 Å². The molecule has 32 heavy (non-hydrogen) atoms. The molecule has 5 nitrogen and oxygen atoms in total. The minimum Gasteiger partial charge on any atom is -0.495 e. The Morgan fingerprint density at radius 3 is 2.56 bits per heavy atom. The summed E-state index contributed by atoms with van der Waals surface area (Å²) in [6.07, 6.45) is 1.78. The average Bonchev–Trinajstić information content (AvgIpc) is 3.45. The molecule has 2 aromatic carbocycles. The number of aromatic nitrogens is 1. The molecule has 1 aliphatic heterocycles. The molecule has 0 spiro atoms. The third kappa shape index (κ3) is 3.72. The number of nitrogens with one attached hydrogen (secondary N) is 1. The molecule has 0 radical (unpaired) electrons. The highest BCUT2D eigenvalue weighted by Gasteiger charge is 2.42. The van der Waals surface area contributed by atoms with Crippen molar-refractivity contribution < 1.29 is 9.15 Å². The third-order valence-electron chi connectivity index (χ3n) is 5.49. The molecule has 160 valence electrons. The largest absolute Gasteiger partial charge is 0.495 e. The Morgan fingerprint density at radius 2 is 1.84 bits per heavy atom. The van der Waals surface area contributed by atoms with Crippen molar-refractivity contribution in [1.29, 1.82) is 0 Å². The lowest BCUT2D eigenvalue weighted by Crippen LogP contribution is -2.29. The Labute approximate surface area is 196 Å². The maximum atomic E-state index is 6.44. The van der Waals surface area contributed by atoms with Crippen LogP contribution >= 0.6 is 23.8 Å². The number of pyridine rings is 1. The lowest BCUT2D eigenvalue weighted by Gasteiger charge is -2.26. The van der Waals surface area contributed by atoms with Crippen molar-refractivity contribution in [1.82, 2.24) is 10.3 Å². The first-order valence-electron chi connectivity index (χ1n) is 10.1. The van der Waals surface area contributed by atoms with Crippen molar-refractivity contribution >= 4 is 34.6 Å². The Kier molecular flexibility index (Phi) is 5.55. The third-order valence-corrected chi connectivity index (χ3v) is 6.10. The normalized spacial score (nSPS) is 17.9. The highest BCUT2D eigenvalue weighted by atomic mass is 35.5. The predicted octanol–water partition coefficient (Wildman–Crippen LogP) is 6.18. The van der Waals surface area contributed by atoms with Gasteiger partial charge in [0, 0.05) is 17.4 Å². The summed E-state index contributed by atoms with van der Waals surface area (Å²) < 4.78 is 11.7. The van der Waals surface area contributed by atoms with Gasteiger partial charge < -0.3 is 19.4 Å². The summed E-state index contributed by atoms with van der Waals surface area (Å²) in [5.74, 6) is 2.18. The van der Waals surface area contributed by atoms with Gasteiger partial charge in [0.05, 0.1) is 23.9 Å². The summed E-state index contributed by atoms with van der Waals surface area (Å²) in [7, 11) is 1.59. The lowest BCUT2D eigenvalue weighted by atomic mass is 10.0. The fourth-order valence-corrected chi connectivity index (χ4v) is 4.59. The van der Waals surface area contributed by atoms with Crippen LogP contribution in [0.4, 0.5) is 5.69 Å². The van der Waals surface area contributed by atoms with Gasteiger partial charge in [-0.2, -0.15) is 0 Å². The maximum Gasteiger partial charge on any atom is 0.174 e. The smallest absolute Gasteiger partial charge is 0.174 e. The summed E-state index contributed by atoms with van der Waals surface area (Å²) in [6.45, 7) is 0. The second-order valence-corrected chi connectivity index (χ2v) is 8.18. The quantitative estimate of drug-likeness (QED) is 0.358. The molecule has 1 saturated heterocycles. The molecule has 2 aromatic heterocycles. The number of benzene rings is 2. The Balaban J connectivity index is 1.60. The average molecular weight is 462 g/mol. The monoisotopic (exact) mass is 461 g/mol. The number of hydrogen-bond acceptors (Lipinski definition) is 4. The first-order chi connectivity index (χ1) is 15.7. The van der Waals surface area contributed by atoms with Gasteiger partial charge in [0.2, 0.25) is 0 Å². The number of hydrogen-bond donors (Lipinski definition) is 1. The number of furan rings is 1. The first kappa shape index (κ1) is 20.5. The number of methoxy groups -OCH3 is 1. The highest BCUT2D eigenvalue weighted by Crippen LogP contribution is 2.44. The second kappa shape index (κ2) is 8.65. The van der Waals surface area contributed by atoms with Crippen molar-refractivity contribution in [3.63, 3.8) is 0 Å². The molecular formula is C25H20ClN3O2S. The zero-order chi connectivity index (χ0) is 22.1. The van der Waals surface area contributed by atoms with Crippen molar-refractivity contribution in [3.05, 3.63) is 102 Å². The highest BCUT2D eigenvalue weighted by molar-refractivity contribution is 7.80. The first-order valence-corrected chi connectivity index (χ1v) is 10.9. The van der Waals surface area contributed by atoms with Crippen LogP contribution in [-0.2, 0) is 0 Å². The molecule has 4 aromatic rings. The van der Waals surface area contributed by atoms with Crippen molar-refractivity contribution in [3.8, 4) is 17.1 Å². The van der Waals surface area contributed by atoms with Crippen LogP contribution in [0.15, 0.2) is 89.5 Å². The van der Waals surface area contributed by atoms with Crippen molar-refractivity contribution in [2.24, 2.45) is 0 Å². The van der Waals surface area contributed by atoms with Gasteiger partial charge >= 0.3 is 0 Å². The number of nitrogens with zero attached hydrogens (tertiary/aromatic N) is 2. The Hall–Kier alpha value is -3.35. The van der Waals surface area contributed by atoms with E-state index in [0.717, 1.165) is 28.5 Å². The van der Waals surface area contributed by atoms with Crippen LogP contribution in [0.2, 0.25) is 5.02 Å². The fourth-order valence-electron chi connectivity index (χ4n) is 4.00. The van der Waals surface area contributed by atoms with Crippen molar-refractivity contribution in [2.75, 3.05) is 12.0 Å². The van der Waals surface area contributed by atoms with Crippen LogP contribution in [0, 0.1) is 0 Å². The fraction of sp³-hybridized carbons (Fsp3) is 0.120. The Bertz CT molecular complexity index is 1250. The zero-order valence-electron chi connectivity index (χ0n) is 17.2. The van der Waals surface area contributed by atoms with E-state index in [0.29, 0.717) is 15.9 Å². The molecule has 0 bridgehead atoms. The molecule has 0 amide bonds. The molecule has 3 heterocycles. The minimum atomic E-state index is -0.251. The van der Waals surface area contributed by atoms with Crippen LogP contribution in [-0.4, -0.2) is 17.2 Å². The van der Waals surface area contributed by atoms with Gasteiger partial charge in [0.15, 0.2) is 5.11 Å². The van der Waals surface area contributed by atoms with Crippen LogP contribution in [0.1, 0.15) is 23.5 Å². The predicted molar refractivity (Wildman–Crippen MR) is 130 cm³/mol. The van der Waals surface area contributed by atoms with E-state index in [9.17, 15) is 0 Å². The zero-order valence-corrected chi connectivity index (χ0v) is 18.8. The van der Waals surface area contributed by atoms with Crippen LogP contribution in [0.5, 0.6) is 5.75 Å². The number of anilines is 1. The molecule has 7 heteroatoms. The molecule has 0 saturated carbocycles. The molecule has 1 N–H and O–H groups in total. The van der Waals surface area contributed by atoms with Gasteiger partial charge in [-0.1, -0.05) is 48.0 Å². The van der Waals surface area contributed by atoms with Gasteiger partial charge in [-0.15, -0.1) is 0 Å². The standard InChI is InChI=1S/C25H20ClN3O2S/c1-30-21-11-10-17(15-18(21)26)29-24(23(28-25(29)32)19-9-5-6-14-27-19)22-13-12-20(31-22)16-7-3-2-4-8-16/h2-15,23-24H,1H3,(H,28,32). The summed E-state index contributed by atoms with van der Waals surface area (Å²) >= 11 is 12.2. The van der Waals surface area contributed by atoms with Gasteiger partial charge in [0.1, 0.15) is 23.3 Å². The SMILES string of the molecule is COc1ccc(N2C(=S)NC(c3ccccn3)C2c2ccc(-c3ccccc3)o2)cc1Cl. The van der Waals surface area contributed by atoms with Gasteiger partial charge in [-0.3, -0.25) is 4.98 Å². The topological polar surface area (TPSA) is 50.5 Å². The van der Waals surface area contributed by atoms with E-state index in [1.54, 1.807) is 13.3 Å². The summed E-state index contributed by atoms with van der Waals surface area (Å²) in [4.78, 5) is 6.59. The van der Waals surface area contributed by atoms with E-state index >= 15 is 0 Å². The number of thiocarbonyl (C=S) groups is 1. The van der Waals surface area contributed by atoms with Gasteiger partial charge in [-0.05, 0) is 54.7 Å². The van der Waals surface area contributed by atoms with Crippen LogP contribution < -0.4 is 15.0 Å². The van der Waals surface area contributed by atoms with Gasteiger partial charge in [0.25, 0.3) is 0 Å². The molecular weight excluding hydrogens is 442 g/mol. The van der Waals surface area contributed by atoms with E-state index in [1.807, 2.05) is 83.8 Å². The number of rotatable bonds is 5. The Morgan fingerprint density at radius 1 is 1.03 bits per heavy atom. The number of halogens is 1. The molecule has 2 unspecified atom stereocenters. The van der Waals surface area contributed by atoms with E-state index in [2.05, 4.69) is 10.3 Å². The minimum absolute atomic E-state index is 0.195. The van der Waals surface area contributed by atoms with E-state index < -0.39 is 0 Å². The molecule has 1 fully saturated rings. The summed E-state index contributed by atoms with van der Waals surface area (Å²) in [5.41, 5.74) is 2.73. The van der Waals surface area contributed by atoms with E-state index in [4.69, 9.17) is 33.0 Å². The van der Waals surface area contributed by atoms with Crippen LogP contribution in [0.25, 0.3) is 11.3 Å². The second-order valence-electron chi connectivity index (χ2n) is 7.38. The molecule has 1 aliphatic rings. The lowest BCUT2D eigenvalue weighted by molar-refractivity contribution is 0.415. The van der Waals surface area contributed by atoms with Crippen molar-refractivity contribution in [2.45, 2.75) is 12.1 Å². The maximum absolute atomic E-state index is 6.44. The molecule has 2 atom stereocenters. The van der Waals surface area contributed by atoms with Gasteiger partial charge in [-0.25, -0.2) is 0 Å². The van der Waals surface area contributed by atoms with Crippen LogP contribution in [0.3, 0.4) is 0 Å². The number of ether oxygens (including phenoxy) is 1. The van der Waals surface area contributed by atoms with E-state index in [1.165, 1.54) is 0 Å².